The minimum absolute atomic E-state index is 0.0743. The number of hydrogen-bond donors (Lipinski definition) is 2. The van der Waals surface area contributed by atoms with Gasteiger partial charge in [0.15, 0.2) is 5.01 Å². The predicted octanol–water partition coefficient (Wildman–Crippen LogP) is 4.18. The zero-order valence-electron chi connectivity index (χ0n) is 13.6. The van der Waals surface area contributed by atoms with Gasteiger partial charge in [-0.3, -0.25) is 14.9 Å². The molecule has 0 saturated carbocycles. The van der Waals surface area contributed by atoms with Crippen LogP contribution in [0.2, 0.25) is 10.0 Å². The Balaban J connectivity index is 2.11. The Morgan fingerprint density at radius 2 is 1.88 bits per heavy atom. The molecule has 6 nitrogen and oxygen atoms in total. The Morgan fingerprint density at radius 3 is 2.42 bits per heavy atom. The lowest BCUT2D eigenvalue weighted by molar-refractivity contribution is -0.118. The molecule has 0 bridgehead atoms. The standard InChI is InChI=1S/C15H14Cl2F2N4O2S/c1-6(2)10(13(25)21-15-23-22-14(26-15)11(18)19)20-12(24)8-4-3-7(16)5-9(8)17/h3-6,10-11H,1-2H3,(H,20,24)(H,21,23,25)/t10-/m1/s1. The van der Waals surface area contributed by atoms with Crippen LogP contribution in [0.1, 0.15) is 35.6 Å². The fraction of sp³-hybridized carbons (Fsp3) is 0.333. The molecule has 0 aliphatic carbocycles. The summed E-state index contributed by atoms with van der Waals surface area (Å²) in [6.07, 6.45) is -2.77. The maximum atomic E-state index is 12.5. The number of carbonyl (C=O) groups is 2. The van der Waals surface area contributed by atoms with Gasteiger partial charge in [-0.25, -0.2) is 8.78 Å². The Bertz CT molecular complexity index is 817. The van der Waals surface area contributed by atoms with Crippen LogP contribution in [0.5, 0.6) is 0 Å². The van der Waals surface area contributed by atoms with Crippen molar-refractivity contribution >= 4 is 51.5 Å². The molecule has 11 heteroatoms. The fourth-order valence-corrected chi connectivity index (χ4v) is 3.08. The van der Waals surface area contributed by atoms with Crippen molar-refractivity contribution in [3.05, 3.63) is 38.8 Å². The Kier molecular flexibility index (Phi) is 6.85. The number of amides is 2. The van der Waals surface area contributed by atoms with Crippen LogP contribution >= 0.6 is 34.5 Å². The van der Waals surface area contributed by atoms with E-state index in [4.69, 9.17) is 23.2 Å². The van der Waals surface area contributed by atoms with E-state index >= 15 is 0 Å². The number of alkyl halides is 2. The molecular formula is C15H14Cl2F2N4O2S. The highest BCUT2D eigenvalue weighted by molar-refractivity contribution is 7.15. The molecule has 0 aliphatic heterocycles. The molecule has 0 spiro atoms. The SMILES string of the molecule is CC(C)[C@@H](NC(=O)c1ccc(Cl)cc1Cl)C(=O)Nc1nnc(C(F)F)s1. The Labute approximate surface area is 161 Å². The second-order valence-corrected chi connectivity index (χ2v) is 7.41. The third kappa shape index (κ3) is 5.09. The van der Waals surface area contributed by atoms with Crippen molar-refractivity contribution in [2.24, 2.45) is 5.92 Å². The smallest absolute Gasteiger partial charge is 0.291 e. The maximum absolute atomic E-state index is 12.5. The highest BCUT2D eigenvalue weighted by Crippen LogP contribution is 2.25. The van der Waals surface area contributed by atoms with E-state index in [-0.39, 0.29) is 21.6 Å². The summed E-state index contributed by atoms with van der Waals surface area (Å²) in [5.74, 6) is -1.45. The average molecular weight is 423 g/mol. The van der Waals surface area contributed by atoms with Gasteiger partial charge in [-0.05, 0) is 24.1 Å². The van der Waals surface area contributed by atoms with Gasteiger partial charge >= 0.3 is 0 Å². The van der Waals surface area contributed by atoms with Gasteiger partial charge in [0.05, 0.1) is 10.6 Å². The largest absolute Gasteiger partial charge is 0.340 e. The summed E-state index contributed by atoms with van der Waals surface area (Å²) in [7, 11) is 0. The van der Waals surface area contributed by atoms with Crippen LogP contribution in [0.25, 0.3) is 0 Å². The summed E-state index contributed by atoms with van der Waals surface area (Å²) in [6, 6.07) is 3.41. The van der Waals surface area contributed by atoms with Crippen LogP contribution in [-0.4, -0.2) is 28.1 Å². The lowest BCUT2D eigenvalue weighted by Gasteiger charge is -2.21. The molecule has 0 aliphatic rings. The quantitative estimate of drug-likeness (QED) is 0.731. The number of hydrogen-bond acceptors (Lipinski definition) is 5. The van der Waals surface area contributed by atoms with Gasteiger partial charge in [-0.2, -0.15) is 0 Å². The van der Waals surface area contributed by atoms with E-state index < -0.39 is 29.3 Å². The minimum atomic E-state index is -2.77. The summed E-state index contributed by atoms with van der Waals surface area (Å²) >= 11 is 12.4. The van der Waals surface area contributed by atoms with Crippen LogP contribution in [-0.2, 0) is 4.79 Å². The van der Waals surface area contributed by atoms with E-state index in [0.29, 0.717) is 16.4 Å². The second kappa shape index (κ2) is 8.70. The van der Waals surface area contributed by atoms with Crippen molar-refractivity contribution in [1.82, 2.24) is 15.5 Å². The van der Waals surface area contributed by atoms with Crippen molar-refractivity contribution in [2.45, 2.75) is 26.3 Å². The van der Waals surface area contributed by atoms with E-state index in [0.717, 1.165) is 0 Å². The van der Waals surface area contributed by atoms with Crippen LogP contribution in [0.15, 0.2) is 18.2 Å². The minimum Gasteiger partial charge on any atom is -0.340 e. The van der Waals surface area contributed by atoms with Crippen molar-refractivity contribution in [3.8, 4) is 0 Å². The van der Waals surface area contributed by atoms with Crippen molar-refractivity contribution in [2.75, 3.05) is 5.32 Å². The van der Waals surface area contributed by atoms with Crippen LogP contribution < -0.4 is 10.6 Å². The molecule has 0 unspecified atom stereocenters. The van der Waals surface area contributed by atoms with Crippen molar-refractivity contribution < 1.29 is 18.4 Å². The lowest BCUT2D eigenvalue weighted by Crippen LogP contribution is -2.47. The zero-order chi connectivity index (χ0) is 19.4. The lowest BCUT2D eigenvalue weighted by atomic mass is 10.0. The molecule has 1 heterocycles. The average Bonchev–Trinajstić information content (AvgIpc) is 3.00. The number of benzene rings is 1. The normalized spacial score (nSPS) is 12.3. The first kappa shape index (κ1) is 20.5. The second-order valence-electron chi connectivity index (χ2n) is 5.55. The van der Waals surface area contributed by atoms with E-state index in [2.05, 4.69) is 20.8 Å². The highest BCUT2D eigenvalue weighted by Gasteiger charge is 2.27. The van der Waals surface area contributed by atoms with Gasteiger partial charge in [0.2, 0.25) is 11.0 Å². The van der Waals surface area contributed by atoms with Gasteiger partial charge in [0.1, 0.15) is 6.04 Å². The molecule has 0 fully saturated rings. The predicted molar refractivity (Wildman–Crippen MR) is 96.0 cm³/mol. The van der Waals surface area contributed by atoms with E-state index in [1.54, 1.807) is 13.8 Å². The monoisotopic (exact) mass is 422 g/mol. The Morgan fingerprint density at radius 1 is 1.19 bits per heavy atom. The van der Waals surface area contributed by atoms with Gasteiger partial charge in [-0.15, -0.1) is 10.2 Å². The number of anilines is 1. The number of halogens is 4. The molecule has 2 N–H and O–H groups in total. The molecule has 1 atom stereocenters. The first-order valence-electron chi connectivity index (χ1n) is 7.37. The highest BCUT2D eigenvalue weighted by atomic mass is 35.5. The molecular weight excluding hydrogens is 409 g/mol. The third-order valence-electron chi connectivity index (χ3n) is 3.27. The van der Waals surface area contributed by atoms with E-state index in [9.17, 15) is 18.4 Å². The number of nitrogens with zero attached hydrogens (tertiary/aromatic N) is 2. The molecule has 2 amide bonds. The van der Waals surface area contributed by atoms with Crippen LogP contribution in [0.4, 0.5) is 13.9 Å². The van der Waals surface area contributed by atoms with Gasteiger partial charge in [-0.1, -0.05) is 48.4 Å². The van der Waals surface area contributed by atoms with Crippen molar-refractivity contribution in [3.63, 3.8) is 0 Å². The molecule has 1 aromatic heterocycles. The maximum Gasteiger partial charge on any atom is 0.291 e. The fourth-order valence-electron chi connectivity index (χ4n) is 1.98. The summed E-state index contributed by atoms with van der Waals surface area (Å²) in [5, 5.41) is 11.7. The van der Waals surface area contributed by atoms with E-state index in [1.807, 2.05) is 0 Å². The van der Waals surface area contributed by atoms with Gasteiger partial charge in [0, 0.05) is 5.02 Å². The topological polar surface area (TPSA) is 84.0 Å². The van der Waals surface area contributed by atoms with E-state index in [1.165, 1.54) is 18.2 Å². The zero-order valence-corrected chi connectivity index (χ0v) is 15.9. The number of rotatable bonds is 6. The summed E-state index contributed by atoms with van der Waals surface area (Å²) in [5.41, 5.74) is 0.158. The van der Waals surface area contributed by atoms with Gasteiger partial charge in [0.25, 0.3) is 12.3 Å². The molecule has 1 aromatic carbocycles. The molecule has 0 radical (unpaired) electrons. The summed E-state index contributed by atoms with van der Waals surface area (Å²) in [4.78, 5) is 24.8. The molecule has 0 saturated heterocycles. The van der Waals surface area contributed by atoms with Crippen LogP contribution in [0.3, 0.4) is 0 Å². The first-order valence-corrected chi connectivity index (χ1v) is 8.94. The number of nitrogens with one attached hydrogen (secondary N) is 2. The van der Waals surface area contributed by atoms with Crippen molar-refractivity contribution in [1.29, 1.82) is 0 Å². The third-order valence-corrected chi connectivity index (χ3v) is 4.66. The summed E-state index contributed by atoms with van der Waals surface area (Å²) in [6.45, 7) is 3.44. The molecule has 2 aromatic rings. The Hall–Kier alpha value is -1.84. The summed E-state index contributed by atoms with van der Waals surface area (Å²) < 4.78 is 25.1. The number of carbonyl (C=O) groups excluding carboxylic acids is 2. The van der Waals surface area contributed by atoms with Gasteiger partial charge < -0.3 is 5.32 Å². The number of aromatic nitrogens is 2. The van der Waals surface area contributed by atoms with Crippen LogP contribution in [0, 0.1) is 5.92 Å². The molecule has 140 valence electrons. The molecule has 26 heavy (non-hydrogen) atoms. The first-order chi connectivity index (χ1) is 12.2. The molecule has 2 rings (SSSR count).